The molecular formula is C20H26N4O4. The second-order valence-electron chi connectivity index (χ2n) is 6.33. The van der Waals surface area contributed by atoms with Crippen LogP contribution in [0.3, 0.4) is 0 Å². The van der Waals surface area contributed by atoms with E-state index < -0.39 is 0 Å². The molecule has 0 radical (unpaired) electrons. The lowest BCUT2D eigenvalue weighted by Crippen LogP contribution is -2.39. The van der Waals surface area contributed by atoms with Crippen LogP contribution < -0.4 is 20.1 Å². The van der Waals surface area contributed by atoms with Gasteiger partial charge in [-0.2, -0.15) is 0 Å². The van der Waals surface area contributed by atoms with E-state index in [1.54, 1.807) is 50.7 Å². The molecule has 1 aliphatic heterocycles. The fraction of sp³-hybridized carbons (Fsp3) is 0.400. The molecule has 2 heterocycles. The molecule has 1 aromatic heterocycles. The Morgan fingerprint density at radius 1 is 1.18 bits per heavy atom. The highest BCUT2D eigenvalue weighted by Crippen LogP contribution is 2.29. The number of carbonyl (C=O) groups excluding carboxylic acids is 1. The van der Waals surface area contributed by atoms with Crippen molar-refractivity contribution in [2.24, 2.45) is 0 Å². The third-order valence-electron chi connectivity index (χ3n) is 4.52. The Morgan fingerprint density at radius 2 is 2.00 bits per heavy atom. The van der Waals surface area contributed by atoms with Gasteiger partial charge in [-0.25, -0.2) is 4.98 Å². The lowest BCUT2D eigenvalue weighted by Gasteiger charge is -2.26. The second kappa shape index (κ2) is 9.91. The number of amides is 1. The fourth-order valence-corrected chi connectivity index (χ4v) is 2.93. The van der Waals surface area contributed by atoms with Gasteiger partial charge in [0.25, 0.3) is 5.91 Å². The van der Waals surface area contributed by atoms with Crippen LogP contribution in [-0.2, 0) is 4.74 Å². The maximum atomic E-state index is 12.6. The summed E-state index contributed by atoms with van der Waals surface area (Å²) in [6, 6.07) is 8.66. The average Bonchev–Trinajstić information content (AvgIpc) is 2.75. The van der Waals surface area contributed by atoms with Crippen LogP contribution in [0.25, 0.3) is 0 Å². The summed E-state index contributed by atoms with van der Waals surface area (Å²) in [4.78, 5) is 19.3. The minimum Gasteiger partial charge on any atom is -0.497 e. The molecule has 1 amide bonds. The molecule has 2 N–H and O–H groups in total. The van der Waals surface area contributed by atoms with Gasteiger partial charge < -0.3 is 24.8 Å². The van der Waals surface area contributed by atoms with Crippen molar-refractivity contribution in [1.82, 2.24) is 9.88 Å². The van der Waals surface area contributed by atoms with Crippen molar-refractivity contribution in [1.29, 1.82) is 0 Å². The third-order valence-corrected chi connectivity index (χ3v) is 4.52. The van der Waals surface area contributed by atoms with Crippen LogP contribution in [-0.4, -0.2) is 69.4 Å². The number of pyridine rings is 1. The number of ether oxygens (including phenoxy) is 3. The van der Waals surface area contributed by atoms with E-state index in [1.165, 1.54) is 0 Å². The normalized spacial score (nSPS) is 14.4. The lowest BCUT2D eigenvalue weighted by molar-refractivity contribution is 0.0398. The Morgan fingerprint density at radius 3 is 2.75 bits per heavy atom. The molecule has 1 saturated heterocycles. The molecule has 0 unspecified atom stereocenters. The molecule has 8 nitrogen and oxygen atoms in total. The van der Waals surface area contributed by atoms with Crippen LogP contribution in [0, 0.1) is 0 Å². The zero-order valence-electron chi connectivity index (χ0n) is 16.2. The lowest BCUT2D eigenvalue weighted by atomic mass is 10.2. The molecule has 1 aromatic carbocycles. The molecule has 0 spiro atoms. The minimum atomic E-state index is -0.234. The highest BCUT2D eigenvalue weighted by molar-refractivity contribution is 6.05. The molecule has 8 heteroatoms. The van der Waals surface area contributed by atoms with Gasteiger partial charge in [0.2, 0.25) is 0 Å². The number of hydrogen-bond donors (Lipinski definition) is 2. The molecule has 0 aliphatic carbocycles. The van der Waals surface area contributed by atoms with Crippen LogP contribution >= 0.6 is 0 Å². The van der Waals surface area contributed by atoms with Crippen molar-refractivity contribution in [2.45, 2.75) is 0 Å². The van der Waals surface area contributed by atoms with Gasteiger partial charge in [0.1, 0.15) is 17.3 Å². The van der Waals surface area contributed by atoms with Crippen molar-refractivity contribution in [2.75, 3.05) is 64.2 Å². The zero-order valence-corrected chi connectivity index (χ0v) is 16.2. The first-order valence-corrected chi connectivity index (χ1v) is 9.23. The number of benzene rings is 1. The molecular weight excluding hydrogens is 360 g/mol. The Kier molecular flexibility index (Phi) is 7.05. The van der Waals surface area contributed by atoms with Crippen molar-refractivity contribution in [3.63, 3.8) is 0 Å². The number of anilines is 2. The predicted molar refractivity (Wildman–Crippen MR) is 107 cm³/mol. The number of rotatable bonds is 8. The van der Waals surface area contributed by atoms with Crippen molar-refractivity contribution in [3.8, 4) is 11.5 Å². The first kappa shape index (κ1) is 19.9. The molecule has 2 aromatic rings. The smallest absolute Gasteiger partial charge is 0.255 e. The number of nitrogens with one attached hydrogen (secondary N) is 2. The Bertz CT molecular complexity index is 794. The first-order valence-electron chi connectivity index (χ1n) is 9.23. The highest BCUT2D eigenvalue weighted by Gasteiger charge is 2.12. The Balaban J connectivity index is 1.59. The number of nitrogens with zero attached hydrogens (tertiary/aromatic N) is 2. The van der Waals surface area contributed by atoms with Gasteiger partial charge in [0.15, 0.2) is 0 Å². The molecule has 0 atom stereocenters. The number of carbonyl (C=O) groups is 1. The van der Waals surface area contributed by atoms with Crippen molar-refractivity contribution >= 4 is 17.4 Å². The van der Waals surface area contributed by atoms with E-state index in [0.29, 0.717) is 28.6 Å². The van der Waals surface area contributed by atoms with Gasteiger partial charge in [-0.1, -0.05) is 0 Å². The molecule has 1 fully saturated rings. The SMILES string of the molecule is COc1ccc(NC(=O)c2ccnc(NCCN3CCOCC3)c2)c(OC)c1. The van der Waals surface area contributed by atoms with E-state index in [9.17, 15) is 4.79 Å². The third kappa shape index (κ3) is 5.34. The summed E-state index contributed by atoms with van der Waals surface area (Å²) in [5.74, 6) is 1.63. The van der Waals surface area contributed by atoms with E-state index in [-0.39, 0.29) is 5.91 Å². The van der Waals surface area contributed by atoms with Gasteiger partial charge in [0.05, 0.1) is 33.1 Å². The quantitative estimate of drug-likeness (QED) is 0.719. The van der Waals surface area contributed by atoms with Crippen LogP contribution in [0.1, 0.15) is 10.4 Å². The molecule has 1 aliphatic rings. The van der Waals surface area contributed by atoms with Gasteiger partial charge in [-0.3, -0.25) is 9.69 Å². The maximum Gasteiger partial charge on any atom is 0.255 e. The molecule has 0 saturated carbocycles. The molecule has 28 heavy (non-hydrogen) atoms. The van der Waals surface area contributed by atoms with E-state index >= 15 is 0 Å². The number of aromatic nitrogens is 1. The van der Waals surface area contributed by atoms with Crippen molar-refractivity contribution < 1.29 is 19.0 Å². The zero-order chi connectivity index (χ0) is 19.8. The topological polar surface area (TPSA) is 85.0 Å². The molecule has 0 bridgehead atoms. The van der Waals surface area contributed by atoms with Gasteiger partial charge in [0, 0.05) is 44.0 Å². The molecule has 150 valence electrons. The van der Waals surface area contributed by atoms with Gasteiger partial charge in [-0.15, -0.1) is 0 Å². The number of methoxy groups -OCH3 is 2. The summed E-state index contributed by atoms with van der Waals surface area (Å²) in [6.45, 7) is 5.11. The van der Waals surface area contributed by atoms with Crippen LogP contribution in [0.4, 0.5) is 11.5 Å². The second-order valence-corrected chi connectivity index (χ2v) is 6.33. The summed E-state index contributed by atoms with van der Waals surface area (Å²) in [5, 5.41) is 6.14. The summed E-state index contributed by atoms with van der Waals surface area (Å²) in [5.41, 5.74) is 1.09. The average molecular weight is 386 g/mol. The Labute approximate surface area is 164 Å². The van der Waals surface area contributed by atoms with E-state index in [4.69, 9.17) is 14.2 Å². The molecule has 3 rings (SSSR count). The minimum absolute atomic E-state index is 0.234. The summed E-state index contributed by atoms with van der Waals surface area (Å²) in [6.07, 6.45) is 1.62. The standard InChI is InChI=1S/C20H26N4O4/c1-26-16-3-4-17(18(14-16)27-2)23-20(25)15-5-6-21-19(13-15)22-7-8-24-9-11-28-12-10-24/h3-6,13-14H,7-12H2,1-2H3,(H,21,22)(H,23,25). The van der Waals surface area contributed by atoms with Crippen LogP contribution in [0.15, 0.2) is 36.5 Å². The predicted octanol–water partition coefficient (Wildman–Crippen LogP) is 2.10. The number of hydrogen-bond acceptors (Lipinski definition) is 7. The largest absolute Gasteiger partial charge is 0.497 e. The highest BCUT2D eigenvalue weighted by atomic mass is 16.5. The van der Waals surface area contributed by atoms with Gasteiger partial charge in [-0.05, 0) is 24.3 Å². The summed E-state index contributed by atoms with van der Waals surface area (Å²) >= 11 is 0. The maximum absolute atomic E-state index is 12.6. The van der Waals surface area contributed by atoms with Gasteiger partial charge >= 0.3 is 0 Å². The summed E-state index contributed by atoms with van der Waals surface area (Å²) < 4.78 is 15.9. The van der Waals surface area contributed by atoms with E-state index in [0.717, 1.165) is 39.4 Å². The summed E-state index contributed by atoms with van der Waals surface area (Å²) in [7, 11) is 3.13. The van der Waals surface area contributed by atoms with E-state index in [2.05, 4.69) is 20.5 Å². The Hall–Kier alpha value is -2.84. The van der Waals surface area contributed by atoms with E-state index in [1.807, 2.05) is 0 Å². The van der Waals surface area contributed by atoms with Crippen LogP contribution in [0.2, 0.25) is 0 Å². The van der Waals surface area contributed by atoms with Crippen LogP contribution in [0.5, 0.6) is 11.5 Å². The number of morpholine rings is 1. The first-order chi connectivity index (χ1) is 13.7. The monoisotopic (exact) mass is 386 g/mol. The van der Waals surface area contributed by atoms with Crippen molar-refractivity contribution in [3.05, 3.63) is 42.1 Å². The fourth-order valence-electron chi connectivity index (χ4n) is 2.93.